The lowest BCUT2D eigenvalue weighted by molar-refractivity contribution is 0.242. The van der Waals surface area contributed by atoms with Crippen LogP contribution in [0.4, 0.5) is 5.13 Å². The van der Waals surface area contributed by atoms with Crippen LogP contribution in [0.1, 0.15) is 70.9 Å². The summed E-state index contributed by atoms with van der Waals surface area (Å²) in [5.41, 5.74) is 5.88. The topological polar surface area (TPSA) is 39.6 Å². The summed E-state index contributed by atoms with van der Waals surface area (Å²) >= 11 is 1.78. The highest BCUT2D eigenvalue weighted by atomic mass is 32.1. The third-order valence-electron chi connectivity index (χ3n) is 7.42. The van der Waals surface area contributed by atoms with Crippen molar-refractivity contribution in [2.24, 2.45) is 0 Å². The predicted molar refractivity (Wildman–Crippen MR) is 132 cm³/mol. The Morgan fingerprint density at radius 3 is 2.35 bits per heavy atom. The van der Waals surface area contributed by atoms with Crippen LogP contribution in [-0.4, -0.2) is 54.3 Å². The second-order valence-electron chi connectivity index (χ2n) is 10.7. The maximum atomic E-state index is 8.93. The van der Waals surface area contributed by atoms with Crippen molar-refractivity contribution >= 4 is 16.5 Å². The van der Waals surface area contributed by atoms with E-state index in [4.69, 9.17) is 10.1 Å². The molecule has 2 heterocycles. The van der Waals surface area contributed by atoms with Gasteiger partial charge in [0.15, 0.2) is 5.13 Å². The Hall–Kier alpha value is -1.43. The molecular weight excluding hydrogens is 402 g/mol. The summed E-state index contributed by atoms with van der Waals surface area (Å²) in [7, 11) is 0. The molecule has 1 aromatic carbocycles. The summed E-state index contributed by atoms with van der Waals surface area (Å²) in [4.78, 5) is 10.0. The number of aromatic nitrogens is 1. The van der Waals surface area contributed by atoms with Crippen LogP contribution >= 0.6 is 11.3 Å². The van der Waals surface area contributed by atoms with Crippen molar-refractivity contribution in [3.8, 4) is 11.3 Å². The zero-order valence-corrected chi connectivity index (χ0v) is 20.6. The van der Waals surface area contributed by atoms with E-state index in [-0.39, 0.29) is 10.8 Å². The first-order chi connectivity index (χ1) is 14.8. The highest BCUT2D eigenvalue weighted by Gasteiger charge is 2.37. The lowest BCUT2D eigenvalue weighted by atomic mass is 9.63. The predicted octanol–water partition coefficient (Wildman–Crippen LogP) is 5.44. The van der Waals surface area contributed by atoms with Crippen molar-refractivity contribution in [2.45, 2.75) is 70.6 Å². The van der Waals surface area contributed by atoms with Crippen LogP contribution in [0.25, 0.3) is 11.3 Å². The first kappa shape index (κ1) is 22.8. The van der Waals surface area contributed by atoms with E-state index in [1.807, 2.05) is 0 Å². The van der Waals surface area contributed by atoms with Crippen molar-refractivity contribution in [2.75, 3.05) is 44.2 Å². The highest BCUT2D eigenvalue weighted by molar-refractivity contribution is 7.14. The van der Waals surface area contributed by atoms with Crippen LogP contribution < -0.4 is 4.90 Å². The fraction of sp³-hybridized carbons (Fsp3) is 0.654. The van der Waals surface area contributed by atoms with E-state index in [1.165, 1.54) is 36.0 Å². The highest BCUT2D eigenvalue weighted by Crippen LogP contribution is 2.46. The molecule has 4 nitrogen and oxygen atoms in total. The normalized spacial score (nSPS) is 20.6. The molecule has 4 rings (SSSR count). The largest absolute Gasteiger partial charge is 0.396 e. The van der Waals surface area contributed by atoms with Crippen LogP contribution in [0.2, 0.25) is 0 Å². The standard InChI is InChI=1S/C26H39N3OS/c1-25(2)10-11-26(3,4)22-18-20(8-9-21(22)25)23-19-31-24(27-23)29-15-13-28(14-16-29)12-6-5-7-17-30/h8-9,18-19,30H,5-7,10-17H2,1-4H3. The molecule has 31 heavy (non-hydrogen) atoms. The number of rotatable bonds is 7. The monoisotopic (exact) mass is 441 g/mol. The van der Waals surface area contributed by atoms with Crippen molar-refractivity contribution in [1.82, 2.24) is 9.88 Å². The molecule has 1 N–H and O–H groups in total. The fourth-order valence-electron chi connectivity index (χ4n) is 5.08. The number of hydrogen-bond acceptors (Lipinski definition) is 5. The first-order valence-electron chi connectivity index (χ1n) is 12.0. The average molecular weight is 442 g/mol. The van der Waals surface area contributed by atoms with Crippen LogP contribution in [0.3, 0.4) is 0 Å². The van der Waals surface area contributed by atoms with Crippen LogP contribution in [0.5, 0.6) is 0 Å². The molecule has 1 aromatic heterocycles. The molecular formula is C26H39N3OS. The van der Waals surface area contributed by atoms with E-state index in [9.17, 15) is 0 Å². The summed E-state index contributed by atoms with van der Waals surface area (Å²) in [5.74, 6) is 0. The Balaban J connectivity index is 1.43. The summed E-state index contributed by atoms with van der Waals surface area (Å²) < 4.78 is 0. The molecule has 0 saturated carbocycles. The first-order valence-corrected chi connectivity index (χ1v) is 12.9. The molecule has 2 aromatic rings. The number of benzene rings is 1. The van der Waals surface area contributed by atoms with Gasteiger partial charge in [0.1, 0.15) is 0 Å². The molecule has 1 saturated heterocycles. The van der Waals surface area contributed by atoms with Crippen molar-refractivity contribution in [1.29, 1.82) is 0 Å². The Morgan fingerprint density at radius 1 is 0.935 bits per heavy atom. The minimum atomic E-state index is 0.229. The van der Waals surface area contributed by atoms with E-state index in [0.29, 0.717) is 6.61 Å². The molecule has 1 aliphatic heterocycles. The van der Waals surface area contributed by atoms with Gasteiger partial charge in [0.25, 0.3) is 0 Å². The average Bonchev–Trinajstić information content (AvgIpc) is 3.25. The number of thiazole rings is 1. The molecule has 0 unspecified atom stereocenters. The number of piperazine rings is 1. The third-order valence-corrected chi connectivity index (χ3v) is 8.32. The van der Waals surface area contributed by atoms with E-state index < -0.39 is 0 Å². The number of anilines is 1. The lowest BCUT2D eigenvalue weighted by Crippen LogP contribution is -2.46. The van der Waals surface area contributed by atoms with Crippen LogP contribution in [0.15, 0.2) is 23.6 Å². The maximum absolute atomic E-state index is 8.93. The number of nitrogens with zero attached hydrogens (tertiary/aromatic N) is 3. The molecule has 1 aliphatic carbocycles. The number of aliphatic hydroxyl groups is 1. The van der Waals surface area contributed by atoms with Gasteiger partial charge in [0.2, 0.25) is 0 Å². The summed E-state index contributed by atoms with van der Waals surface area (Å²) in [6, 6.07) is 7.06. The molecule has 0 amide bonds. The number of hydrogen-bond donors (Lipinski definition) is 1. The third kappa shape index (κ3) is 4.99. The summed E-state index contributed by atoms with van der Waals surface area (Å²) in [5, 5.41) is 12.3. The van der Waals surface area contributed by atoms with E-state index in [2.05, 4.69) is 61.1 Å². The molecule has 0 spiro atoms. The number of unbranched alkanes of at least 4 members (excludes halogenated alkanes) is 2. The van der Waals surface area contributed by atoms with Gasteiger partial charge < -0.3 is 10.0 Å². The molecule has 0 radical (unpaired) electrons. The van der Waals surface area contributed by atoms with Gasteiger partial charge in [-0.2, -0.15) is 0 Å². The molecule has 2 aliphatic rings. The minimum Gasteiger partial charge on any atom is -0.396 e. The van der Waals surface area contributed by atoms with Crippen molar-refractivity contribution in [3.63, 3.8) is 0 Å². The molecule has 5 heteroatoms. The van der Waals surface area contributed by atoms with Gasteiger partial charge in [-0.1, -0.05) is 39.8 Å². The second kappa shape index (κ2) is 9.21. The van der Waals surface area contributed by atoms with Crippen molar-refractivity contribution in [3.05, 3.63) is 34.7 Å². The Kier molecular flexibility index (Phi) is 6.76. The van der Waals surface area contributed by atoms with E-state index in [1.54, 1.807) is 11.3 Å². The zero-order chi connectivity index (χ0) is 22.1. The minimum absolute atomic E-state index is 0.229. The quantitative estimate of drug-likeness (QED) is 0.581. The van der Waals surface area contributed by atoms with Gasteiger partial charge >= 0.3 is 0 Å². The summed E-state index contributed by atoms with van der Waals surface area (Å²) in [6.07, 6.45) is 5.73. The second-order valence-corrected chi connectivity index (χ2v) is 11.5. The van der Waals surface area contributed by atoms with Gasteiger partial charge in [0.05, 0.1) is 5.69 Å². The molecule has 170 valence electrons. The van der Waals surface area contributed by atoms with Crippen LogP contribution in [0, 0.1) is 0 Å². The molecule has 1 fully saturated rings. The van der Waals surface area contributed by atoms with E-state index in [0.717, 1.165) is 56.4 Å². The summed E-state index contributed by atoms with van der Waals surface area (Å²) in [6.45, 7) is 15.3. The number of fused-ring (bicyclic) bond motifs is 1. The van der Waals surface area contributed by atoms with Crippen LogP contribution in [-0.2, 0) is 10.8 Å². The maximum Gasteiger partial charge on any atom is 0.185 e. The van der Waals surface area contributed by atoms with Gasteiger partial charge in [-0.25, -0.2) is 4.98 Å². The van der Waals surface area contributed by atoms with Gasteiger partial charge in [-0.3, -0.25) is 4.90 Å². The lowest BCUT2D eigenvalue weighted by Gasteiger charge is -2.42. The molecule has 0 bridgehead atoms. The zero-order valence-electron chi connectivity index (χ0n) is 19.8. The Morgan fingerprint density at radius 2 is 1.65 bits per heavy atom. The number of aliphatic hydroxyl groups excluding tert-OH is 1. The smallest absolute Gasteiger partial charge is 0.185 e. The van der Waals surface area contributed by atoms with Gasteiger partial charge in [0, 0.05) is 43.7 Å². The SMILES string of the molecule is CC1(C)CCC(C)(C)c2cc(-c3csc(N4CCN(CCCCCO)CC4)n3)ccc21. The van der Waals surface area contributed by atoms with Gasteiger partial charge in [-0.15, -0.1) is 11.3 Å². The van der Waals surface area contributed by atoms with Crippen molar-refractivity contribution < 1.29 is 5.11 Å². The molecule has 0 atom stereocenters. The van der Waals surface area contributed by atoms with Gasteiger partial charge in [-0.05, 0) is 66.7 Å². The fourth-order valence-corrected chi connectivity index (χ4v) is 5.97. The van der Waals surface area contributed by atoms with E-state index >= 15 is 0 Å². The Labute approximate surface area is 192 Å². The Bertz CT molecular complexity index is 881.